The van der Waals surface area contributed by atoms with Crippen LogP contribution in [0.1, 0.15) is 52.7 Å². The van der Waals surface area contributed by atoms with Crippen LogP contribution in [0.25, 0.3) is 0 Å². The summed E-state index contributed by atoms with van der Waals surface area (Å²) in [6, 6.07) is 8.23. The Bertz CT molecular complexity index is 574. The summed E-state index contributed by atoms with van der Waals surface area (Å²) in [5, 5.41) is 9.14. The van der Waals surface area contributed by atoms with Crippen molar-refractivity contribution < 1.29 is 9.53 Å². The minimum atomic E-state index is -0.241. The average molecular weight is 363 g/mol. The molecule has 146 valence electrons. The molecule has 0 aliphatic heterocycles. The minimum absolute atomic E-state index is 0.0578. The van der Waals surface area contributed by atoms with Gasteiger partial charge in [-0.05, 0) is 52.7 Å². The maximum Gasteiger partial charge on any atom is 0.239 e. The van der Waals surface area contributed by atoms with Crippen LogP contribution in [0.2, 0.25) is 0 Å². The van der Waals surface area contributed by atoms with Crippen LogP contribution in [0.3, 0.4) is 0 Å². The van der Waals surface area contributed by atoms with Crippen LogP contribution in [0, 0.1) is 0 Å². The second-order valence-electron chi connectivity index (χ2n) is 7.52. The molecule has 0 heterocycles. The van der Waals surface area contributed by atoms with Crippen molar-refractivity contribution in [2.45, 2.75) is 66.3 Å². The van der Waals surface area contributed by atoms with Crippen LogP contribution in [0.5, 0.6) is 0 Å². The second kappa shape index (κ2) is 10.8. The van der Waals surface area contributed by atoms with Gasteiger partial charge >= 0.3 is 0 Å². The predicted octanol–water partition coefficient (Wildman–Crippen LogP) is 2.58. The van der Waals surface area contributed by atoms with Crippen LogP contribution in [0.4, 0.5) is 0 Å². The van der Waals surface area contributed by atoms with E-state index in [2.05, 4.69) is 45.2 Å². The fraction of sp³-hybridized carbons (Fsp3) is 0.600. The summed E-state index contributed by atoms with van der Waals surface area (Å²) in [6.45, 7) is 14.0. The van der Waals surface area contributed by atoms with Gasteiger partial charge in [-0.1, -0.05) is 24.3 Å². The molecule has 26 heavy (non-hydrogen) atoms. The summed E-state index contributed by atoms with van der Waals surface area (Å²) >= 11 is 0. The zero-order valence-electron chi connectivity index (χ0n) is 17.0. The molecule has 3 N–H and O–H groups in total. The SMILES string of the molecule is CCNC(=NCc1ccc(COC(C)C)cc1)NCC(=O)NC(C)(C)C. The highest BCUT2D eigenvalue weighted by Gasteiger charge is 2.13. The van der Waals surface area contributed by atoms with Crippen molar-refractivity contribution in [3.05, 3.63) is 35.4 Å². The molecule has 0 aliphatic carbocycles. The van der Waals surface area contributed by atoms with E-state index in [-0.39, 0.29) is 24.1 Å². The number of nitrogens with one attached hydrogen (secondary N) is 3. The van der Waals surface area contributed by atoms with Crippen molar-refractivity contribution in [3.8, 4) is 0 Å². The van der Waals surface area contributed by atoms with Crippen molar-refractivity contribution in [1.82, 2.24) is 16.0 Å². The molecule has 1 amide bonds. The third kappa shape index (κ3) is 10.0. The van der Waals surface area contributed by atoms with Crippen molar-refractivity contribution in [1.29, 1.82) is 0 Å². The smallest absolute Gasteiger partial charge is 0.239 e. The molecule has 0 saturated carbocycles. The van der Waals surface area contributed by atoms with Crippen LogP contribution in [-0.2, 0) is 22.7 Å². The molecule has 0 spiro atoms. The van der Waals surface area contributed by atoms with Crippen molar-refractivity contribution in [2.24, 2.45) is 4.99 Å². The van der Waals surface area contributed by atoms with Gasteiger partial charge in [0.25, 0.3) is 0 Å². The maximum absolute atomic E-state index is 11.9. The van der Waals surface area contributed by atoms with Gasteiger partial charge < -0.3 is 20.7 Å². The number of aliphatic imine (C=N–C) groups is 1. The van der Waals surface area contributed by atoms with E-state index in [4.69, 9.17) is 4.74 Å². The first kappa shape index (κ1) is 22.0. The molecule has 6 heteroatoms. The molecule has 0 fully saturated rings. The topological polar surface area (TPSA) is 74.8 Å². The zero-order valence-corrected chi connectivity index (χ0v) is 17.0. The summed E-state index contributed by atoms with van der Waals surface area (Å²) in [5.41, 5.74) is 2.01. The Morgan fingerprint density at radius 3 is 2.27 bits per heavy atom. The molecule has 0 aliphatic rings. The third-order valence-electron chi connectivity index (χ3n) is 3.30. The quantitative estimate of drug-likeness (QED) is 0.491. The van der Waals surface area contributed by atoms with E-state index < -0.39 is 0 Å². The van der Waals surface area contributed by atoms with Gasteiger partial charge in [-0.2, -0.15) is 0 Å². The van der Waals surface area contributed by atoms with Crippen LogP contribution in [-0.4, -0.2) is 36.6 Å². The highest BCUT2D eigenvalue weighted by molar-refractivity contribution is 5.86. The lowest BCUT2D eigenvalue weighted by atomic mass is 10.1. The monoisotopic (exact) mass is 362 g/mol. The highest BCUT2D eigenvalue weighted by atomic mass is 16.5. The van der Waals surface area contributed by atoms with Gasteiger partial charge in [0.2, 0.25) is 5.91 Å². The molecular formula is C20H34N4O2. The molecule has 1 aromatic carbocycles. The largest absolute Gasteiger partial charge is 0.374 e. The van der Waals surface area contributed by atoms with Gasteiger partial charge in [0.15, 0.2) is 5.96 Å². The van der Waals surface area contributed by atoms with E-state index in [1.54, 1.807) is 0 Å². The highest BCUT2D eigenvalue weighted by Crippen LogP contribution is 2.08. The number of ether oxygens (including phenoxy) is 1. The maximum atomic E-state index is 11.9. The lowest BCUT2D eigenvalue weighted by Gasteiger charge is -2.21. The van der Waals surface area contributed by atoms with Gasteiger partial charge in [0.1, 0.15) is 0 Å². The number of carbonyl (C=O) groups excluding carboxylic acids is 1. The molecule has 0 bridgehead atoms. The van der Waals surface area contributed by atoms with Gasteiger partial charge in [-0.15, -0.1) is 0 Å². The molecule has 1 aromatic rings. The average Bonchev–Trinajstić information content (AvgIpc) is 2.55. The Kier molecular flexibility index (Phi) is 9.13. The molecule has 1 rings (SSSR count). The number of guanidine groups is 1. The number of carbonyl (C=O) groups is 1. The second-order valence-corrected chi connectivity index (χ2v) is 7.52. The van der Waals surface area contributed by atoms with Crippen LogP contribution in [0.15, 0.2) is 29.3 Å². The standard InChI is InChI=1S/C20H34N4O2/c1-7-21-19(23-13-18(25)24-20(4,5)6)22-12-16-8-10-17(11-9-16)14-26-15(2)3/h8-11,15H,7,12-14H2,1-6H3,(H,24,25)(H2,21,22,23). The Balaban J connectivity index is 2.56. The Morgan fingerprint density at radius 1 is 1.12 bits per heavy atom. The number of hydrogen-bond donors (Lipinski definition) is 3. The lowest BCUT2D eigenvalue weighted by Crippen LogP contribution is -2.48. The fourth-order valence-electron chi connectivity index (χ4n) is 2.14. The summed E-state index contributed by atoms with van der Waals surface area (Å²) in [4.78, 5) is 16.5. The van der Waals surface area contributed by atoms with Gasteiger partial charge in [0.05, 0.1) is 25.8 Å². The van der Waals surface area contributed by atoms with E-state index in [0.29, 0.717) is 19.1 Å². The van der Waals surface area contributed by atoms with E-state index in [1.807, 2.05) is 41.5 Å². The first-order chi connectivity index (χ1) is 12.2. The van der Waals surface area contributed by atoms with Gasteiger partial charge in [0, 0.05) is 12.1 Å². The number of hydrogen-bond acceptors (Lipinski definition) is 3. The summed E-state index contributed by atoms with van der Waals surface area (Å²) in [6.07, 6.45) is 0.225. The van der Waals surface area contributed by atoms with Crippen LogP contribution < -0.4 is 16.0 Å². The molecule has 0 aromatic heterocycles. The Labute approximate surface area is 157 Å². The number of benzene rings is 1. The van der Waals surface area contributed by atoms with E-state index in [0.717, 1.165) is 17.7 Å². The van der Waals surface area contributed by atoms with Crippen LogP contribution >= 0.6 is 0 Å². The Hall–Kier alpha value is -2.08. The molecule has 6 nitrogen and oxygen atoms in total. The molecular weight excluding hydrogens is 328 g/mol. The van der Waals surface area contributed by atoms with E-state index in [1.165, 1.54) is 0 Å². The predicted molar refractivity (Wildman–Crippen MR) is 107 cm³/mol. The minimum Gasteiger partial charge on any atom is -0.374 e. The van der Waals surface area contributed by atoms with Crippen molar-refractivity contribution in [3.63, 3.8) is 0 Å². The summed E-state index contributed by atoms with van der Waals surface area (Å²) in [5.74, 6) is 0.571. The summed E-state index contributed by atoms with van der Waals surface area (Å²) in [7, 11) is 0. The third-order valence-corrected chi connectivity index (χ3v) is 3.30. The first-order valence-corrected chi connectivity index (χ1v) is 9.22. The van der Waals surface area contributed by atoms with E-state index >= 15 is 0 Å². The number of rotatable bonds is 8. The number of nitrogens with zero attached hydrogens (tertiary/aromatic N) is 1. The normalized spacial score (nSPS) is 12.2. The molecule has 0 radical (unpaired) electrons. The summed E-state index contributed by atoms with van der Waals surface area (Å²) < 4.78 is 5.60. The fourth-order valence-corrected chi connectivity index (χ4v) is 2.14. The van der Waals surface area contributed by atoms with Gasteiger partial charge in [-0.3, -0.25) is 4.79 Å². The molecule has 0 unspecified atom stereocenters. The van der Waals surface area contributed by atoms with E-state index in [9.17, 15) is 4.79 Å². The van der Waals surface area contributed by atoms with Crippen molar-refractivity contribution in [2.75, 3.05) is 13.1 Å². The van der Waals surface area contributed by atoms with Crippen molar-refractivity contribution >= 4 is 11.9 Å². The molecule has 0 saturated heterocycles. The molecule has 0 atom stereocenters. The first-order valence-electron chi connectivity index (χ1n) is 9.22. The lowest BCUT2D eigenvalue weighted by molar-refractivity contribution is -0.121. The number of amides is 1. The Morgan fingerprint density at radius 2 is 1.73 bits per heavy atom. The van der Waals surface area contributed by atoms with Gasteiger partial charge in [-0.25, -0.2) is 4.99 Å². The zero-order chi connectivity index (χ0) is 19.6.